The van der Waals surface area contributed by atoms with E-state index in [4.69, 9.17) is 15.2 Å². The lowest BCUT2D eigenvalue weighted by atomic mass is 10.1. The number of primary amides is 1. The van der Waals surface area contributed by atoms with E-state index in [9.17, 15) is 4.79 Å². The fourth-order valence-electron chi connectivity index (χ4n) is 3.31. The second kappa shape index (κ2) is 19.6. The van der Waals surface area contributed by atoms with Gasteiger partial charge >= 0.3 is 0 Å². The highest BCUT2D eigenvalue weighted by Crippen LogP contribution is 2.15. The molecule has 0 unspecified atom stereocenters. The standard InChI is InChI=1S/C16H29N3O.C10H13NO2.C2H6/c1-15(20-16(2,3)4)18-10-9-17-11-14-19-12-7-5-6-8-13-19;1-2-13-9-7-5-3-4-6-8(9)10(11)12;1-2/h9-11H,5-8,12-14H2,1-4H3;3-5,7H,2,6H2,1H3,(H2,11,12);1-2H3/b10-9-,17-11?,18-15?;;. The molecule has 1 amide bonds. The molecule has 0 aromatic rings. The van der Waals surface area contributed by atoms with Crippen molar-refractivity contribution in [1.82, 2.24) is 4.90 Å². The molecule has 7 heteroatoms. The second-order valence-corrected chi connectivity index (χ2v) is 8.84. The predicted octanol–water partition coefficient (Wildman–Crippen LogP) is 5.94. The van der Waals surface area contributed by atoms with Crippen LogP contribution in [-0.2, 0) is 14.3 Å². The molecule has 198 valence electrons. The summed E-state index contributed by atoms with van der Waals surface area (Å²) in [4.78, 5) is 21.9. The Hall–Kier alpha value is -2.67. The molecule has 1 heterocycles. The number of hydrogen-bond acceptors (Lipinski definition) is 6. The summed E-state index contributed by atoms with van der Waals surface area (Å²) in [5.74, 6) is 0.830. The summed E-state index contributed by atoms with van der Waals surface area (Å²) in [6.07, 6.45) is 18.6. The maximum atomic E-state index is 11.0. The zero-order valence-electron chi connectivity index (χ0n) is 23.0. The van der Waals surface area contributed by atoms with Crippen LogP contribution >= 0.6 is 0 Å². The van der Waals surface area contributed by atoms with Crippen molar-refractivity contribution >= 4 is 18.0 Å². The van der Waals surface area contributed by atoms with Crippen molar-refractivity contribution in [2.45, 2.75) is 86.2 Å². The van der Waals surface area contributed by atoms with Crippen molar-refractivity contribution < 1.29 is 14.3 Å². The van der Waals surface area contributed by atoms with Gasteiger partial charge in [-0.3, -0.25) is 14.7 Å². The third-order valence-electron chi connectivity index (χ3n) is 4.72. The molecule has 0 bridgehead atoms. The maximum absolute atomic E-state index is 11.0. The number of nitrogens with two attached hydrogens (primary N) is 1. The maximum Gasteiger partial charge on any atom is 0.248 e. The molecule has 1 aliphatic heterocycles. The molecule has 0 aromatic carbocycles. The Morgan fingerprint density at radius 1 is 1.11 bits per heavy atom. The highest BCUT2D eigenvalue weighted by atomic mass is 16.5. The number of hydrogen-bond donors (Lipinski definition) is 1. The Morgan fingerprint density at radius 2 is 1.77 bits per heavy atom. The quantitative estimate of drug-likeness (QED) is 0.354. The van der Waals surface area contributed by atoms with E-state index in [2.05, 4.69) is 14.9 Å². The van der Waals surface area contributed by atoms with Gasteiger partial charge < -0.3 is 15.2 Å². The van der Waals surface area contributed by atoms with Crippen LogP contribution in [0.5, 0.6) is 0 Å². The number of allylic oxidation sites excluding steroid dienone is 4. The van der Waals surface area contributed by atoms with Crippen molar-refractivity contribution in [3.63, 3.8) is 0 Å². The van der Waals surface area contributed by atoms with Crippen LogP contribution in [0.15, 0.2) is 58.0 Å². The number of aliphatic imine (C=N–C) groups is 2. The van der Waals surface area contributed by atoms with E-state index in [-0.39, 0.29) is 5.60 Å². The number of nitrogens with zero attached hydrogens (tertiary/aromatic N) is 3. The molecule has 2 aliphatic rings. The first-order chi connectivity index (χ1) is 16.7. The van der Waals surface area contributed by atoms with Crippen molar-refractivity contribution in [2.24, 2.45) is 15.7 Å². The molecular formula is C28H48N4O3. The minimum atomic E-state index is -0.417. The molecule has 35 heavy (non-hydrogen) atoms. The molecule has 0 radical (unpaired) electrons. The second-order valence-electron chi connectivity index (χ2n) is 8.84. The minimum Gasteiger partial charge on any atom is -0.493 e. The Balaban J connectivity index is 0.000000665. The van der Waals surface area contributed by atoms with Crippen LogP contribution in [0.2, 0.25) is 0 Å². The number of rotatable bonds is 7. The van der Waals surface area contributed by atoms with Gasteiger partial charge in [-0.2, -0.15) is 0 Å². The van der Waals surface area contributed by atoms with Crippen LogP contribution in [0.25, 0.3) is 0 Å². The largest absolute Gasteiger partial charge is 0.493 e. The van der Waals surface area contributed by atoms with Crippen molar-refractivity contribution in [3.8, 4) is 0 Å². The first-order valence-corrected chi connectivity index (χ1v) is 12.8. The van der Waals surface area contributed by atoms with Crippen LogP contribution in [0.4, 0.5) is 0 Å². The molecule has 0 atom stereocenters. The van der Waals surface area contributed by atoms with Gasteiger partial charge in [-0.05, 0) is 66.1 Å². The average Bonchev–Trinajstić information content (AvgIpc) is 3.20. The lowest BCUT2D eigenvalue weighted by Gasteiger charge is -2.20. The van der Waals surface area contributed by atoms with E-state index in [1.54, 1.807) is 18.5 Å². The predicted molar refractivity (Wildman–Crippen MR) is 149 cm³/mol. The minimum absolute atomic E-state index is 0.197. The van der Waals surface area contributed by atoms with Gasteiger partial charge in [-0.25, -0.2) is 4.99 Å². The van der Waals surface area contributed by atoms with Crippen LogP contribution in [-0.4, -0.2) is 54.8 Å². The van der Waals surface area contributed by atoms with Gasteiger partial charge in [-0.15, -0.1) is 0 Å². The smallest absolute Gasteiger partial charge is 0.248 e. The molecule has 1 aliphatic carbocycles. The summed E-state index contributed by atoms with van der Waals surface area (Å²) in [5.41, 5.74) is 5.55. The van der Waals surface area contributed by atoms with Crippen LogP contribution in [0, 0.1) is 0 Å². The number of likely N-dealkylation sites (tertiary alicyclic amines) is 1. The normalized spacial score (nSPS) is 17.3. The SMILES string of the molecule is CC.CC(=N/C=C\N=CCN1CCCCCC1)OC(C)(C)C.CCOC1=C(C(N)=O)CC=CC=C1. The molecule has 0 spiro atoms. The van der Waals surface area contributed by atoms with Gasteiger partial charge in [-0.1, -0.05) is 44.9 Å². The third kappa shape index (κ3) is 17.4. The van der Waals surface area contributed by atoms with E-state index >= 15 is 0 Å². The monoisotopic (exact) mass is 488 g/mol. The highest BCUT2D eigenvalue weighted by molar-refractivity contribution is 5.93. The van der Waals surface area contributed by atoms with E-state index in [1.165, 1.54) is 38.8 Å². The van der Waals surface area contributed by atoms with Crippen molar-refractivity contribution in [1.29, 1.82) is 0 Å². The Morgan fingerprint density at radius 3 is 2.34 bits per heavy atom. The summed E-state index contributed by atoms with van der Waals surface area (Å²) in [7, 11) is 0. The first kappa shape index (κ1) is 32.3. The summed E-state index contributed by atoms with van der Waals surface area (Å²) < 4.78 is 10.9. The summed E-state index contributed by atoms with van der Waals surface area (Å²) in [6.45, 7) is 17.6. The third-order valence-corrected chi connectivity index (χ3v) is 4.72. The van der Waals surface area contributed by atoms with E-state index in [0.717, 1.165) is 6.54 Å². The van der Waals surface area contributed by atoms with Gasteiger partial charge in [0, 0.05) is 32.1 Å². The van der Waals surface area contributed by atoms with Gasteiger partial charge in [0.1, 0.15) is 11.4 Å². The summed E-state index contributed by atoms with van der Waals surface area (Å²) >= 11 is 0. The zero-order valence-corrected chi connectivity index (χ0v) is 23.0. The van der Waals surface area contributed by atoms with Gasteiger partial charge in [0.05, 0.1) is 12.2 Å². The van der Waals surface area contributed by atoms with Crippen LogP contribution in [0.1, 0.15) is 80.6 Å². The van der Waals surface area contributed by atoms with Crippen LogP contribution < -0.4 is 5.73 Å². The molecule has 2 rings (SSSR count). The molecule has 0 saturated carbocycles. The summed E-state index contributed by atoms with van der Waals surface area (Å²) in [6, 6.07) is 0. The fourth-order valence-corrected chi connectivity index (χ4v) is 3.31. The number of carbonyl (C=O) groups excluding carboxylic acids is 1. The lowest BCUT2D eigenvalue weighted by molar-refractivity contribution is -0.114. The Kier molecular flexibility index (Phi) is 18.1. The molecule has 1 fully saturated rings. The van der Waals surface area contributed by atoms with Gasteiger partial charge in [0.25, 0.3) is 0 Å². The average molecular weight is 489 g/mol. The fraction of sp³-hybridized carbons (Fsp3) is 0.607. The van der Waals surface area contributed by atoms with Gasteiger partial charge in [0.2, 0.25) is 5.91 Å². The summed E-state index contributed by atoms with van der Waals surface area (Å²) in [5, 5.41) is 0. The van der Waals surface area contributed by atoms with E-state index in [1.807, 2.05) is 72.9 Å². The van der Waals surface area contributed by atoms with Gasteiger partial charge in [0.15, 0.2) is 5.90 Å². The molecule has 2 N–H and O–H groups in total. The number of amides is 1. The van der Waals surface area contributed by atoms with Crippen molar-refractivity contribution in [3.05, 3.63) is 48.0 Å². The topological polar surface area (TPSA) is 89.5 Å². The Bertz CT molecular complexity index is 764. The molecule has 1 saturated heterocycles. The molecular weight excluding hydrogens is 440 g/mol. The van der Waals surface area contributed by atoms with Crippen molar-refractivity contribution in [2.75, 3.05) is 26.2 Å². The highest BCUT2D eigenvalue weighted by Gasteiger charge is 2.12. The van der Waals surface area contributed by atoms with Crippen LogP contribution in [0.3, 0.4) is 0 Å². The Labute approximate surface area is 213 Å². The number of carbonyl (C=O) groups is 1. The molecule has 0 aromatic heterocycles. The number of ether oxygens (including phenoxy) is 2. The first-order valence-electron chi connectivity index (χ1n) is 12.8. The lowest BCUT2D eigenvalue weighted by Crippen LogP contribution is -2.26. The molecule has 7 nitrogen and oxygen atoms in total. The van der Waals surface area contributed by atoms with E-state index in [0.29, 0.717) is 30.3 Å². The van der Waals surface area contributed by atoms with E-state index < -0.39 is 5.91 Å². The zero-order chi connectivity index (χ0) is 26.5.